The minimum Gasteiger partial charge on any atom is -0.184 e. The van der Waals surface area contributed by atoms with Gasteiger partial charge in [-0.25, -0.2) is 0 Å². The predicted octanol–water partition coefficient (Wildman–Crippen LogP) is 10.1. The smallest absolute Gasteiger partial charge is 0.0920 e. The molecule has 0 saturated carbocycles. The van der Waals surface area contributed by atoms with Crippen molar-refractivity contribution in [1.82, 2.24) is 0 Å². The summed E-state index contributed by atoms with van der Waals surface area (Å²) in [6, 6.07) is 47.0. The van der Waals surface area contributed by atoms with E-state index in [1.54, 1.807) is 0 Å². The van der Waals surface area contributed by atoms with E-state index in [0.29, 0.717) is 5.92 Å². The van der Waals surface area contributed by atoms with Crippen LogP contribution >= 0.6 is 17.0 Å². The van der Waals surface area contributed by atoms with E-state index in [2.05, 4.69) is 142 Å². The summed E-state index contributed by atoms with van der Waals surface area (Å²) in [7, 11) is 10.7. The van der Waals surface area contributed by atoms with E-state index in [1.165, 1.54) is 65.7 Å². The minimum atomic E-state index is -0.826. The van der Waals surface area contributed by atoms with Crippen LogP contribution in [0.25, 0.3) is 44.2 Å². The minimum absolute atomic E-state index is 0.495. The molecule has 4 heteroatoms. The number of aryl methyl sites for hydroxylation is 1. The Hall–Kier alpha value is -2.61. The molecule has 1 heterocycles. The molecule has 0 nitrogen and oxygen atoms in total. The van der Waals surface area contributed by atoms with Crippen LogP contribution in [0.5, 0.6) is 0 Å². The molecule has 6 aromatic carbocycles. The fourth-order valence-electron chi connectivity index (χ4n) is 5.68. The van der Waals surface area contributed by atoms with Crippen LogP contribution in [0, 0.1) is 6.07 Å². The van der Waals surface area contributed by atoms with Gasteiger partial charge in [0.15, 0.2) is 0 Å². The molecule has 0 saturated heterocycles. The molecule has 0 N–H and O–H groups in total. The van der Waals surface area contributed by atoms with Gasteiger partial charge in [-0.15, -0.1) is 40.1 Å². The molecule has 0 aromatic heterocycles. The number of fused-ring (bicyclic) bond motifs is 4. The zero-order valence-electron chi connectivity index (χ0n) is 24.1. The van der Waals surface area contributed by atoms with Gasteiger partial charge in [-0.05, 0) is 29.0 Å². The van der Waals surface area contributed by atoms with Crippen molar-refractivity contribution in [2.45, 2.75) is 33.1 Å². The SMILES string of the molecule is CCc1ccccc1-c1c(C(C)C)ccc2[cH-]c(-c3ccccc3)cc12.[Cl][Zr+2][Cl].[c-]1cccc2c1[Si]c1ccccc1-2. The summed E-state index contributed by atoms with van der Waals surface area (Å²) in [6.45, 7) is 6.83. The maximum atomic E-state index is 4.93. The van der Waals surface area contributed by atoms with Crippen LogP contribution in [0.4, 0.5) is 0 Å². The van der Waals surface area contributed by atoms with Crippen LogP contribution in [0.2, 0.25) is 0 Å². The Morgan fingerprint density at radius 3 is 2.19 bits per heavy atom. The van der Waals surface area contributed by atoms with Crippen molar-refractivity contribution in [2.24, 2.45) is 0 Å². The number of halogens is 2. The molecule has 6 aromatic rings. The van der Waals surface area contributed by atoms with Crippen molar-refractivity contribution in [3.63, 3.8) is 0 Å². The Balaban J connectivity index is 0.000000183. The Kier molecular flexibility index (Phi) is 10.8. The molecule has 2 radical (unpaired) electrons. The van der Waals surface area contributed by atoms with Gasteiger partial charge in [-0.2, -0.15) is 29.5 Å². The number of hydrogen-bond acceptors (Lipinski definition) is 0. The fourth-order valence-corrected chi connectivity index (χ4v) is 6.99. The molecular formula is C38H32Cl2SiZr. The third-order valence-corrected chi connectivity index (χ3v) is 9.02. The molecule has 1 aliphatic heterocycles. The Morgan fingerprint density at radius 2 is 1.45 bits per heavy atom. The van der Waals surface area contributed by atoms with Crippen molar-refractivity contribution in [2.75, 3.05) is 0 Å². The van der Waals surface area contributed by atoms with Gasteiger partial charge in [-0.3, -0.25) is 0 Å². The number of benzene rings is 5. The molecule has 7 rings (SSSR count). The largest absolute Gasteiger partial charge is 0.184 e. The normalized spacial score (nSPS) is 11.1. The van der Waals surface area contributed by atoms with Gasteiger partial charge < -0.3 is 0 Å². The van der Waals surface area contributed by atoms with Crippen molar-refractivity contribution in [1.29, 1.82) is 0 Å². The maximum absolute atomic E-state index is 4.93. The van der Waals surface area contributed by atoms with Gasteiger partial charge in [0.05, 0.1) is 9.52 Å². The first-order valence-corrected chi connectivity index (χ1v) is 21.6. The van der Waals surface area contributed by atoms with Gasteiger partial charge in [0.2, 0.25) is 0 Å². The van der Waals surface area contributed by atoms with E-state index in [-0.39, 0.29) is 0 Å². The molecule has 1 aliphatic rings. The zero-order valence-corrected chi connectivity index (χ0v) is 29.1. The van der Waals surface area contributed by atoms with Crippen LogP contribution in [0.15, 0.2) is 121 Å². The summed E-state index contributed by atoms with van der Waals surface area (Å²) in [5, 5.41) is 5.52. The molecule has 0 fully saturated rings. The first-order chi connectivity index (χ1) is 20.5. The standard InChI is InChI=1S/C26H25.C12H7Si.2ClH.Zr/c1-4-19-10-8-9-13-24(19)26-23(18(2)3)15-14-21-16-22(17-25(21)26)20-11-6-5-7-12-20;1-3-7-11-9(5-1)10-6-2-4-8-12(10)13-11;;;/h5-18H,4H2,1-3H3;1-7H;2*1H;/q2*-1;;;+4/p-2. The van der Waals surface area contributed by atoms with Crippen LogP contribution in [-0.4, -0.2) is 9.52 Å². The monoisotopic (exact) mass is 676 g/mol. The predicted molar refractivity (Wildman–Crippen MR) is 181 cm³/mol. The molecular weight excluding hydrogens is 647 g/mol. The second-order valence-electron chi connectivity index (χ2n) is 10.5. The first kappa shape index (κ1) is 30.8. The summed E-state index contributed by atoms with van der Waals surface area (Å²) in [5.74, 6) is 0.495. The molecule has 0 spiro atoms. The van der Waals surface area contributed by atoms with Gasteiger partial charge in [0, 0.05) is 0 Å². The van der Waals surface area contributed by atoms with Crippen molar-refractivity contribution < 1.29 is 20.8 Å². The van der Waals surface area contributed by atoms with E-state index in [4.69, 9.17) is 17.0 Å². The average molecular weight is 679 g/mol. The van der Waals surface area contributed by atoms with Crippen molar-refractivity contribution in [3.05, 3.63) is 139 Å². The van der Waals surface area contributed by atoms with E-state index in [9.17, 15) is 0 Å². The maximum Gasteiger partial charge on any atom is 0.0920 e. The van der Waals surface area contributed by atoms with Crippen LogP contribution in [0.3, 0.4) is 0 Å². The Bertz CT molecular complexity index is 1730. The summed E-state index contributed by atoms with van der Waals surface area (Å²) < 4.78 is 0. The molecule has 206 valence electrons. The van der Waals surface area contributed by atoms with Crippen molar-refractivity contribution in [3.8, 4) is 33.4 Å². The summed E-state index contributed by atoms with van der Waals surface area (Å²) in [6.07, 6.45) is 1.05. The van der Waals surface area contributed by atoms with E-state index in [1.807, 2.05) is 6.07 Å². The Labute approximate surface area is 271 Å². The van der Waals surface area contributed by atoms with Crippen LogP contribution in [0.1, 0.15) is 37.8 Å². The van der Waals surface area contributed by atoms with E-state index < -0.39 is 20.8 Å². The molecule has 0 unspecified atom stereocenters. The van der Waals surface area contributed by atoms with Crippen molar-refractivity contribution >= 4 is 47.7 Å². The van der Waals surface area contributed by atoms with Gasteiger partial charge >= 0.3 is 37.9 Å². The first-order valence-electron chi connectivity index (χ1n) is 14.3. The molecule has 0 aliphatic carbocycles. The second-order valence-corrected chi connectivity index (χ2v) is 15.5. The summed E-state index contributed by atoms with van der Waals surface area (Å²) in [4.78, 5) is 0. The van der Waals surface area contributed by atoms with Gasteiger partial charge in [-0.1, -0.05) is 128 Å². The zero-order chi connectivity index (χ0) is 29.5. The molecule has 42 heavy (non-hydrogen) atoms. The number of rotatable bonds is 4. The second kappa shape index (κ2) is 14.7. The Morgan fingerprint density at radius 1 is 0.786 bits per heavy atom. The van der Waals surface area contributed by atoms with Crippen LogP contribution in [-0.2, 0) is 27.3 Å². The van der Waals surface area contributed by atoms with Crippen LogP contribution < -0.4 is 10.4 Å². The summed E-state index contributed by atoms with van der Waals surface area (Å²) >= 11 is -0.826. The fraction of sp³-hybridized carbons (Fsp3) is 0.132. The van der Waals surface area contributed by atoms with Gasteiger partial charge in [0.1, 0.15) is 0 Å². The van der Waals surface area contributed by atoms with Gasteiger partial charge in [0.25, 0.3) is 0 Å². The van der Waals surface area contributed by atoms with E-state index >= 15 is 0 Å². The quantitative estimate of drug-likeness (QED) is 0.128. The number of hydrogen-bond donors (Lipinski definition) is 0. The molecule has 0 bridgehead atoms. The molecule has 0 amide bonds. The third-order valence-electron chi connectivity index (χ3n) is 7.65. The third kappa shape index (κ3) is 6.79. The topological polar surface area (TPSA) is 0 Å². The average Bonchev–Trinajstić information content (AvgIpc) is 3.64. The summed E-state index contributed by atoms with van der Waals surface area (Å²) in [5.41, 5.74) is 11.0. The van der Waals surface area contributed by atoms with E-state index in [0.717, 1.165) is 15.9 Å². The molecule has 0 atom stereocenters.